The summed E-state index contributed by atoms with van der Waals surface area (Å²) in [6.45, 7) is 3.53. The molecule has 1 aromatic heterocycles. The van der Waals surface area contributed by atoms with Crippen LogP contribution in [0.2, 0.25) is 0 Å². The van der Waals surface area contributed by atoms with Crippen LogP contribution >= 0.6 is 0 Å². The summed E-state index contributed by atoms with van der Waals surface area (Å²) >= 11 is 0. The molecule has 3 aromatic rings. The average Bonchev–Trinajstić information content (AvgIpc) is 2.57. The summed E-state index contributed by atoms with van der Waals surface area (Å²) in [5.74, 6) is 0. The minimum absolute atomic E-state index is 0.164. The number of nitrogens with one attached hydrogen (secondary N) is 2. The number of aromatic amines is 1. The number of hydrazone groups is 1. The maximum atomic E-state index is 12.4. The Morgan fingerprint density at radius 2 is 1.84 bits per heavy atom. The van der Waals surface area contributed by atoms with Crippen LogP contribution in [-0.2, 0) is 10.0 Å². The van der Waals surface area contributed by atoms with Gasteiger partial charge in [-0.25, -0.2) is 4.83 Å². The zero-order valence-electron chi connectivity index (χ0n) is 13.8. The molecule has 2 N–H and O–H groups in total. The van der Waals surface area contributed by atoms with Crippen molar-refractivity contribution in [1.82, 2.24) is 9.82 Å². The molecule has 0 amide bonds. The Hall–Kier alpha value is -2.93. The number of fused-ring (bicyclic) bond motifs is 1. The van der Waals surface area contributed by atoms with Crippen LogP contribution in [0.3, 0.4) is 0 Å². The molecule has 0 radical (unpaired) electrons. The number of sulfonamides is 1. The van der Waals surface area contributed by atoms with Crippen molar-refractivity contribution >= 4 is 27.1 Å². The topological polar surface area (TPSA) is 91.4 Å². The van der Waals surface area contributed by atoms with Crippen LogP contribution in [0.4, 0.5) is 0 Å². The van der Waals surface area contributed by atoms with E-state index >= 15 is 0 Å². The van der Waals surface area contributed by atoms with Crippen molar-refractivity contribution in [3.05, 3.63) is 75.6 Å². The van der Waals surface area contributed by atoms with E-state index in [1.807, 2.05) is 31.2 Å². The molecule has 0 aliphatic carbocycles. The summed E-state index contributed by atoms with van der Waals surface area (Å²) in [6.07, 6.45) is 1.20. The highest BCUT2D eigenvalue weighted by Gasteiger charge is 2.15. The maximum Gasteiger partial charge on any atom is 0.276 e. The van der Waals surface area contributed by atoms with Crippen molar-refractivity contribution < 1.29 is 8.42 Å². The molecule has 0 aliphatic heterocycles. The number of aromatic nitrogens is 1. The minimum atomic E-state index is -3.80. The Labute approximate surface area is 145 Å². The molecule has 0 aliphatic rings. The number of H-pyrrole nitrogens is 1. The first-order chi connectivity index (χ1) is 11.9. The fraction of sp³-hybridized carbons (Fsp3) is 0.111. The molecule has 2 aromatic carbocycles. The Balaban J connectivity index is 1.89. The Bertz CT molecular complexity index is 1130. The molecule has 0 atom stereocenters. The first-order valence-corrected chi connectivity index (χ1v) is 9.09. The molecule has 0 bridgehead atoms. The van der Waals surface area contributed by atoms with Crippen molar-refractivity contribution in [1.29, 1.82) is 0 Å². The lowest BCUT2D eigenvalue weighted by atomic mass is 10.2. The van der Waals surface area contributed by atoms with Crippen LogP contribution in [-0.4, -0.2) is 19.6 Å². The normalized spacial score (nSPS) is 11.9. The zero-order valence-corrected chi connectivity index (χ0v) is 14.6. The summed E-state index contributed by atoms with van der Waals surface area (Å²) in [7, 11) is -3.80. The Morgan fingerprint density at radius 1 is 1.08 bits per heavy atom. The predicted octanol–water partition coefficient (Wildman–Crippen LogP) is 2.46. The highest BCUT2D eigenvalue weighted by Crippen LogP contribution is 2.16. The standard InChI is InChI=1S/C18H17N3O3S/c1-12-7-8-13(2)17(9-12)25(23,24)21-19-11-15-10-14-5-3-4-6-16(14)20-18(15)22/h3-11,21H,1-2H3,(H,20,22)/b19-11+. The van der Waals surface area contributed by atoms with Gasteiger partial charge in [0, 0.05) is 5.52 Å². The molecular weight excluding hydrogens is 338 g/mol. The van der Waals surface area contributed by atoms with E-state index in [0.717, 1.165) is 10.9 Å². The average molecular weight is 355 g/mol. The van der Waals surface area contributed by atoms with Crippen LogP contribution in [0, 0.1) is 13.8 Å². The third-order valence-electron chi connectivity index (χ3n) is 3.79. The van der Waals surface area contributed by atoms with Gasteiger partial charge < -0.3 is 4.98 Å². The van der Waals surface area contributed by atoms with Crippen molar-refractivity contribution in [2.75, 3.05) is 0 Å². The van der Waals surface area contributed by atoms with E-state index < -0.39 is 10.0 Å². The van der Waals surface area contributed by atoms with Gasteiger partial charge in [-0.1, -0.05) is 30.3 Å². The van der Waals surface area contributed by atoms with Gasteiger partial charge in [-0.15, -0.1) is 0 Å². The summed E-state index contributed by atoms with van der Waals surface area (Å²) in [5, 5.41) is 4.58. The lowest BCUT2D eigenvalue weighted by Crippen LogP contribution is -2.20. The van der Waals surface area contributed by atoms with Gasteiger partial charge in [-0.2, -0.15) is 13.5 Å². The van der Waals surface area contributed by atoms with Gasteiger partial charge in [0.1, 0.15) is 0 Å². The van der Waals surface area contributed by atoms with Crippen LogP contribution in [0.1, 0.15) is 16.7 Å². The van der Waals surface area contributed by atoms with Gasteiger partial charge in [-0.05, 0) is 48.6 Å². The van der Waals surface area contributed by atoms with E-state index in [1.54, 1.807) is 31.2 Å². The van der Waals surface area contributed by atoms with E-state index in [4.69, 9.17) is 0 Å². The second-order valence-corrected chi connectivity index (χ2v) is 7.39. The van der Waals surface area contributed by atoms with E-state index in [9.17, 15) is 13.2 Å². The zero-order chi connectivity index (χ0) is 18.0. The number of rotatable bonds is 4. The lowest BCUT2D eigenvalue weighted by Gasteiger charge is -2.07. The largest absolute Gasteiger partial charge is 0.321 e. The highest BCUT2D eigenvalue weighted by molar-refractivity contribution is 7.89. The van der Waals surface area contributed by atoms with Crippen LogP contribution in [0.5, 0.6) is 0 Å². The van der Waals surface area contributed by atoms with E-state index in [-0.39, 0.29) is 16.0 Å². The quantitative estimate of drug-likeness (QED) is 0.556. The number of para-hydroxylation sites is 1. The number of hydrogen-bond donors (Lipinski definition) is 2. The number of pyridine rings is 1. The summed E-state index contributed by atoms with van der Waals surface area (Å²) in [4.78, 5) is 17.1. The third kappa shape index (κ3) is 3.61. The van der Waals surface area contributed by atoms with E-state index in [1.165, 1.54) is 6.21 Å². The minimum Gasteiger partial charge on any atom is -0.321 e. The van der Waals surface area contributed by atoms with Gasteiger partial charge in [-0.3, -0.25) is 4.79 Å². The first kappa shape index (κ1) is 16.9. The number of hydrogen-bond acceptors (Lipinski definition) is 4. The molecule has 3 rings (SSSR count). The monoisotopic (exact) mass is 355 g/mol. The third-order valence-corrected chi connectivity index (χ3v) is 5.16. The van der Waals surface area contributed by atoms with Crippen LogP contribution in [0.25, 0.3) is 10.9 Å². The fourth-order valence-electron chi connectivity index (χ4n) is 2.47. The SMILES string of the molecule is Cc1ccc(C)c(S(=O)(=O)N/N=C/c2cc3ccccc3[nH]c2=O)c1. The molecule has 0 saturated heterocycles. The fourth-order valence-corrected chi connectivity index (χ4v) is 3.59. The second-order valence-electron chi connectivity index (χ2n) is 5.76. The highest BCUT2D eigenvalue weighted by atomic mass is 32.2. The van der Waals surface area contributed by atoms with Gasteiger partial charge in [0.25, 0.3) is 15.6 Å². The second kappa shape index (κ2) is 6.52. The maximum absolute atomic E-state index is 12.4. The van der Waals surface area contributed by atoms with Gasteiger partial charge in [0.15, 0.2) is 0 Å². The molecule has 0 unspecified atom stereocenters. The lowest BCUT2D eigenvalue weighted by molar-refractivity contribution is 0.584. The first-order valence-electron chi connectivity index (χ1n) is 7.61. The molecular formula is C18H17N3O3S. The summed E-state index contributed by atoms with van der Waals surface area (Å²) in [6, 6.07) is 14.1. The van der Waals surface area contributed by atoms with Crippen LogP contribution < -0.4 is 10.4 Å². The molecule has 0 fully saturated rings. The molecule has 6 nitrogen and oxygen atoms in total. The summed E-state index contributed by atoms with van der Waals surface area (Å²) in [5.41, 5.74) is 2.09. The van der Waals surface area contributed by atoms with Gasteiger partial charge in [0.2, 0.25) is 0 Å². The smallest absolute Gasteiger partial charge is 0.276 e. The number of aryl methyl sites for hydroxylation is 2. The molecule has 0 spiro atoms. The molecule has 1 heterocycles. The van der Waals surface area contributed by atoms with E-state index in [0.29, 0.717) is 11.1 Å². The summed E-state index contributed by atoms with van der Waals surface area (Å²) < 4.78 is 24.8. The Morgan fingerprint density at radius 3 is 2.64 bits per heavy atom. The number of benzene rings is 2. The Kier molecular flexibility index (Phi) is 4.41. The van der Waals surface area contributed by atoms with Crippen molar-refractivity contribution in [3.63, 3.8) is 0 Å². The molecule has 0 saturated carbocycles. The van der Waals surface area contributed by atoms with Crippen LogP contribution in [0.15, 0.2) is 63.3 Å². The van der Waals surface area contributed by atoms with Gasteiger partial charge >= 0.3 is 0 Å². The van der Waals surface area contributed by atoms with E-state index in [2.05, 4.69) is 14.9 Å². The van der Waals surface area contributed by atoms with Crippen molar-refractivity contribution in [3.8, 4) is 0 Å². The number of nitrogens with zero attached hydrogens (tertiary/aromatic N) is 1. The molecule has 7 heteroatoms. The van der Waals surface area contributed by atoms with Crippen molar-refractivity contribution in [2.24, 2.45) is 5.10 Å². The van der Waals surface area contributed by atoms with Gasteiger partial charge in [0.05, 0.1) is 16.7 Å². The molecule has 128 valence electrons. The van der Waals surface area contributed by atoms with Crippen molar-refractivity contribution in [2.45, 2.75) is 18.7 Å². The molecule has 25 heavy (non-hydrogen) atoms. The predicted molar refractivity (Wildman–Crippen MR) is 98.4 cm³/mol.